The number of rotatable bonds is 22. The number of carbonyl (C=O) groups excluding carboxylic acids is 5. The number of nitrogens with one attached hydrogen (secondary N) is 2. The van der Waals surface area contributed by atoms with Crippen molar-refractivity contribution in [2.24, 2.45) is 9.54 Å². The number of alkyl halides is 1. The molecule has 0 unspecified atom stereocenters. The standard InChI is InChI=1S/C18H32BrNO2SSi.C18H30BrNO2SSi.C14H21BrO2Si.C13H18BrNO3.C8H6Br2O.C8H7BrO2.C4H11NOS.C4H5NS.CH2O2.Na/c2*1-17(2,3)23(21)20-16(14-9-11-15(19)12-10-14)13-22-24(7,8)18(4,5)6;1-14(2,3)18(4,5)17-10-13(16)11-6-8-12(15)9-7-11;1-13(2,3)18-12(17)15-11(8-16)9-4-6-10(14)7-5-9;9-5-8(11)6-1-3-7(10)4-2-6;9-7-3-1-6(2-4-7)8(11)5-10;1-4(2,3)7(5)6;1-4-2-6-3-5-4;2-1-3;/h9-12,16,20H,13H2,1-8H3;9-12H,13H2,1-8H3;6-9H,10H2,1-5H3;4-7,11,16H,8H2,1-3H3,(H,15,17);1-4H,5H2;1-4,10H,5H2;5H2,1-3H3;2-3H,1H3;1H,(H,2,3);/q;;;;;;;;;+1/p-1/t16-,23-;23-;;11-;;;7-;;;/m00.0..0.../s1. The number of aliphatic hydroxyl groups excluding tert-OH is 2. The zero-order chi connectivity index (χ0) is 95.0. The number of nitrogens with two attached hydrogens (primary N) is 1. The normalized spacial score (nSPS) is 13.1. The fourth-order valence-corrected chi connectivity index (χ4v) is 14.3. The summed E-state index contributed by atoms with van der Waals surface area (Å²) in [5, 5.41) is 36.5. The number of thiazole rings is 1. The van der Waals surface area contributed by atoms with Gasteiger partial charge in [-0.3, -0.25) is 24.5 Å². The zero-order valence-corrected chi connectivity index (χ0v) is 96.3. The summed E-state index contributed by atoms with van der Waals surface area (Å²) in [7, 11) is -9.24. The average Bonchev–Trinajstić information content (AvgIpc) is 1.03. The summed E-state index contributed by atoms with van der Waals surface area (Å²) >= 11 is 24.9. The van der Waals surface area contributed by atoms with Crippen molar-refractivity contribution in [1.82, 2.24) is 15.0 Å². The minimum atomic E-state index is -1.90. The fourth-order valence-electron chi connectivity index (χ4n) is 7.49. The number of ether oxygens (including phenoxy) is 1. The summed E-state index contributed by atoms with van der Waals surface area (Å²) in [4.78, 5) is 57.7. The van der Waals surface area contributed by atoms with E-state index in [1.165, 1.54) is 0 Å². The molecule has 0 spiro atoms. The molecule has 20 nitrogen and oxygen atoms in total. The van der Waals surface area contributed by atoms with Crippen LogP contribution in [-0.2, 0) is 55.8 Å². The molecule has 0 radical (unpaired) electrons. The number of alkyl carbamates (subject to hydrolysis) is 1. The first kappa shape index (κ1) is 125. The van der Waals surface area contributed by atoms with Gasteiger partial charge in [0.15, 0.2) is 42.3 Å². The van der Waals surface area contributed by atoms with E-state index in [1.807, 2.05) is 177 Å². The van der Waals surface area contributed by atoms with Crippen LogP contribution in [0.1, 0.15) is 211 Å². The number of Topliss-reactive ketones (excluding diaryl/α,β-unsaturated/α-hetero) is 3. The van der Waals surface area contributed by atoms with Crippen molar-refractivity contribution in [3.63, 3.8) is 0 Å². The van der Waals surface area contributed by atoms with Gasteiger partial charge in [0.1, 0.15) is 23.2 Å². The van der Waals surface area contributed by atoms with E-state index in [0.717, 1.165) is 60.5 Å². The third-order valence-corrected chi connectivity index (χ3v) is 40.3. The number of aromatic nitrogens is 1. The Morgan fingerprint density at radius 3 is 1.11 bits per heavy atom. The number of ketones is 3. The van der Waals surface area contributed by atoms with Crippen molar-refractivity contribution < 1.29 is 99.5 Å². The van der Waals surface area contributed by atoms with Crippen molar-refractivity contribution in [3.05, 3.63) is 222 Å². The number of hydrogen-bond acceptors (Lipinski definition) is 17. The van der Waals surface area contributed by atoms with E-state index >= 15 is 0 Å². The van der Waals surface area contributed by atoms with Gasteiger partial charge in [-0.05, 0) is 234 Å². The molecule has 0 aliphatic rings. The summed E-state index contributed by atoms with van der Waals surface area (Å²) < 4.78 is 71.9. The van der Waals surface area contributed by atoms with Crippen LogP contribution in [0.5, 0.6) is 0 Å². The number of amides is 1. The van der Waals surface area contributed by atoms with Gasteiger partial charge in [-0.15, -0.1) is 11.3 Å². The first-order valence-electron chi connectivity index (χ1n) is 38.7. The predicted molar refractivity (Wildman–Crippen MR) is 541 cm³/mol. The van der Waals surface area contributed by atoms with Gasteiger partial charge < -0.3 is 43.4 Å². The Balaban J connectivity index is -0.00000137. The van der Waals surface area contributed by atoms with E-state index in [0.29, 0.717) is 29.7 Å². The van der Waals surface area contributed by atoms with E-state index < -0.39 is 93.5 Å². The van der Waals surface area contributed by atoms with E-state index in [4.69, 9.17) is 38.2 Å². The van der Waals surface area contributed by atoms with Gasteiger partial charge in [0.05, 0.1) is 91.3 Å². The molecule has 0 fully saturated rings. The van der Waals surface area contributed by atoms with Crippen molar-refractivity contribution in [2.45, 2.75) is 239 Å². The van der Waals surface area contributed by atoms with E-state index in [2.05, 4.69) is 245 Å². The van der Waals surface area contributed by atoms with E-state index in [-0.39, 0.29) is 90.8 Å². The van der Waals surface area contributed by atoms with Crippen LogP contribution in [-0.4, -0.2) is 147 Å². The fraction of sp³-hybridized carbons (Fsp3) is 0.489. The molecular weight excluding hydrogens is 2160 g/mol. The van der Waals surface area contributed by atoms with Crippen LogP contribution in [0.3, 0.4) is 0 Å². The molecule has 7 rings (SSSR count). The maximum absolute atomic E-state index is 12.6. The minimum absolute atomic E-state index is 0. The second-order valence-electron chi connectivity index (χ2n) is 35.8. The monoisotopic (exact) mass is 2290 g/mol. The topological polar surface area (TPSA) is 312 Å². The van der Waals surface area contributed by atoms with Gasteiger partial charge in [0, 0.05) is 61.1 Å². The quantitative estimate of drug-likeness (QED) is 0.0138. The van der Waals surface area contributed by atoms with E-state index in [9.17, 15) is 36.9 Å². The molecule has 6 aromatic carbocycles. The first-order valence-corrected chi connectivity index (χ1v) is 57.7. The number of benzene rings is 6. The molecule has 5 atom stereocenters. The summed E-state index contributed by atoms with van der Waals surface area (Å²) in [6, 6.07) is 44.4. The minimum Gasteiger partial charge on any atom is -0.554 e. The van der Waals surface area contributed by atoms with Gasteiger partial charge in [-0.2, -0.15) is 4.40 Å². The SMILES string of the molecule is CC(C)(C)OC(=O)N[C@@H](CO)c1ccc(Br)cc1.CC(C)(C)[S@@](N)=O.CC(C)(C)[S@](=O)N=C(CO[Si](C)(C)C(C)(C)C)c1ccc(Br)cc1.CC(C)(C)[S@](=O)N[C@@H](CO[Si](C)(C)C(C)(C)C)c1ccc(Br)cc1.CC(C)(C)[Si](C)(C)OCC(=O)c1ccc(Br)cc1.Cc1cscn1.O=C(CBr)c1ccc(Br)cc1.O=C(CO)c1ccc(Br)cc1.O=C[O-].[Na+]. The number of carboxylic acid groups (broad SMARTS) is 1. The van der Waals surface area contributed by atoms with Crippen LogP contribution < -0.4 is 49.8 Å². The smallest absolute Gasteiger partial charge is 0.554 e. The molecule has 123 heavy (non-hydrogen) atoms. The Labute approximate surface area is 830 Å². The molecule has 6 N–H and O–H groups in total. The first-order chi connectivity index (χ1) is 55.6. The largest absolute Gasteiger partial charge is 1.00 e. The van der Waals surface area contributed by atoms with Crippen LogP contribution in [0, 0.1) is 6.92 Å². The molecule has 35 heteroatoms. The maximum atomic E-state index is 12.6. The molecule has 0 aliphatic heterocycles. The van der Waals surface area contributed by atoms with Crippen molar-refractivity contribution in [3.8, 4) is 0 Å². The Kier molecular flexibility index (Phi) is 60.0. The molecule has 7 aromatic rings. The zero-order valence-electron chi connectivity index (χ0n) is 76.9. The van der Waals surface area contributed by atoms with E-state index in [1.54, 1.807) is 68.5 Å². The summed E-state index contributed by atoms with van der Waals surface area (Å²) in [5.74, 6) is -0.0951. The molecular formula is C88H131Br7N5NaO15S4Si3. The number of nitrogens with zero attached hydrogens (tertiary/aromatic N) is 2. The Hall–Kier alpha value is -2.45. The number of hydrogen-bond donors (Lipinski definition) is 5. The van der Waals surface area contributed by atoms with Crippen molar-refractivity contribution in [2.75, 3.05) is 38.4 Å². The third-order valence-electron chi connectivity index (χ3n) is 18.2. The Bertz CT molecular complexity index is 4290. The molecule has 1 heterocycles. The van der Waals surface area contributed by atoms with Gasteiger partial charge >= 0.3 is 35.7 Å². The van der Waals surface area contributed by atoms with Crippen LogP contribution in [0.2, 0.25) is 54.4 Å². The third kappa shape index (κ3) is 54.2. The second kappa shape index (κ2) is 59.1. The molecule has 0 saturated carbocycles. The Morgan fingerprint density at radius 2 is 0.829 bits per heavy atom. The Morgan fingerprint density at radius 1 is 0.512 bits per heavy atom. The van der Waals surface area contributed by atoms with Crippen LogP contribution in [0.4, 0.5) is 4.79 Å². The summed E-state index contributed by atoms with van der Waals surface area (Å²) in [6.07, 6.45) is -0.538. The number of aliphatic hydroxyl groups is 2. The summed E-state index contributed by atoms with van der Waals surface area (Å²) in [5.41, 5.74) is 7.99. The number of carbonyl (C=O) groups is 5. The maximum Gasteiger partial charge on any atom is 1.00 e. The number of aryl methyl sites for hydroxylation is 1. The van der Waals surface area contributed by atoms with Crippen molar-refractivity contribution in [1.29, 1.82) is 0 Å². The number of halogens is 7. The molecule has 1 amide bonds. The molecule has 0 aliphatic carbocycles. The van der Waals surface area contributed by atoms with Gasteiger partial charge in [-0.1, -0.05) is 247 Å². The van der Waals surface area contributed by atoms with Gasteiger partial charge in [-0.25, -0.2) is 22.1 Å². The van der Waals surface area contributed by atoms with Crippen LogP contribution >= 0.6 is 123 Å². The predicted octanol–water partition coefficient (Wildman–Crippen LogP) is 20.8. The summed E-state index contributed by atoms with van der Waals surface area (Å²) in [6.45, 7) is 57.6. The van der Waals surface area contributed by atoms with Crippen LogP contribution in [0.15, 0.2) is 188 Å². The molecule has 684 valence electrons. The molecule has 1 aromatic heterocycles. The van der Waals surface area contributed by atoms with Crippen LogP contribution in [0.25, 0.3) is 0 Å². The molecule has 0 bridgehead atoms. The average molecular weight is 2290 g/mol. The second-order valence-corrected chi connectivity index (χ2v) is 62.8. The van der Waals surface area contributed by atoms with Gasteiger partial charge in [0.25, 0.3) is 0 Å². The van der Waals surface area contributed by atoms with Crippen molar-refractivity contribution >= 4 is 216 Å². The van der Waals surface area contributed by atoms with Gasteiger partial charge in [0.2, 0.25) is 0 Å². The molecule has 0 saturated heterocycles.